The molecule has 0 unspecified atom stereocenters. The van der Waals surface area contributed by atoms with Crippen LogP contribution < -0.4 is 9.80 Å². The van der Waals surface area contributed by atoms with Gasteiger partial charge in [0.05, 0.1) is 11.3 Å². The van der Waals surface area contributed by atoms with Crippen molar-refractivity contribution in [2.24, 2.45) is 0 Å². The van der Waals surface area contributed by atoms with Crippen molar-refractivity contribution >= 4 is 17.4 Å². The molecule has 1 aromatic carbocycles. The Hall–Kier alpha value is -2.67. The molecule has 1 aromatic heterocycles. The third kappa shape index (κ3) is 4.34. The van der Waals surface area contributed by atoms with Gasteiger partial charge in [0.25, 0.3) is 5.91 Å². The number of nitrogens with zero attached hydrogens (tertiary/aromatic N) is 5. The maximum absolute atomic E-state index is 14.0. The monoisotopic (exact) mass is 397 g/mol. The molecule has 0 saturated carbocycles. The van der Waals surface area contributed by atoms with Crippen molar-refractivity contribution in [3.05, 3.63) is 54.0 Å². The van der Waals surface area contributed by atoms with Crippen LogP contribution in [0.1, 0.15) is 17.3 Å². The van der Waals surface area contributed by atoms with E-state index >= 15 is 0 Å². The van der Waals surface area contributed by atoms with Gasteiger partial charge in [-0.15, -0.1) is 0 Å². The van der Waals surface area contributed by atoms with Crippen molar-refractivity contribution in [1.82, 2.24) is 14.8 Å². The number of piperazine rings is 2. The second-order valence-electron chi connectivity index (χ2n) is 7.56. The second kappa shape index (κ2) is 8.78. The van der Waals surface area contributed by atoms with Gasteiger partial charge in [-0.1, -0.05) is 19.1 Å². The molecule has 1 amide bonds. The number of likely N-dealkylation sites (N-methyl/N-ethyl adjacent to an activating group) is 1. The van der Waals surface area contributed by atoms with Gasteiger partial charge in [-0.05, 0) is 30.8 Å². The molecule has 4 rings (SSSR count). The third-order valence-corrected chi connectivity index (χ3v) is 5.90. The van der Waals surface area contributed by atoms with Gasteiger partial charge in [-0.3, -0.25) is 4.79 Å². The highest BCUT2D eigenvalue weighted by Gasteiger charge is 2.23. The van der Waals surface area contributed by atoms with E-state index in [0.717, 1.165) is 64.7 Å². The summed E-state index contributed by atoms with van der Waals surface area (Å²) in [6.07, 6.45) is 1.69. The maximum atomic E-state index is 14.0. The Morgan fingerprint density at radius 2 is 1.62 bits per heavy atom. The fourth-order valence-corrected chi connectivity index (χ4v) is 4.03. The van der Waals surface area contributed by atoms with E-state index in [1.54, 1.807) is 12.3 Å². The summed E-state index contributed by atoms with van der Waals surface area (Å²) < 4.78 is 14.0. The van der Waals surface area contributed by atoms with E-state index in [1.807, 2.05) is 29.2 Å². The summed E-state index contributed by atoms with van der Waals surface area (Å²) in [6, 6.07) is 10.7. The Morgan fingerprint density at radius 3 is 2.24 bits per heavy atom. The van der Waals surface area contributed by atoms with Gasteiger partial charge >= 0.3 is 0 Å². The lowest BCUT2D eigenvalue weighted by Gasteiger charge is -2.37. The number of hydrogen-bond donors (Lipinski definition) is 0. The van der Waals surface area contributed by atoms with Crippen LogP contribution in [-0.2, 0) is 0 Å². The normalized spacial score (nSPS) is 18.2. The first kappa shape index (κ1) is 19.6. The van der Waals surface area contributed by atoms with Crippen LogP contribution >= 0.6 is 0 Å². The zero-order valence-corrected chi connectivity index (χ0v) is 16.9. The lowest BCUT2D eigenvalue weighted by Crippen LogP contribution is -2.48. The van der Waals surface area contributed by atoms with Gasteiger partial charge in [0.1, 0.15) is 11.6 Å². The lowest BCUT2D eigenvalue weighted by molar-refractivity contribution is 0.0643. The molecule has 0 N–H and O–H groups in total. The standard InChI is InChI=1S/C22H28FN5O/c1-2-25-9-11-28(12-10-25)22(29)18-7-8-21(24-17-18)27-15-13-26(14-16-27)20-6-4-3-5-19(20)23/h3-8,17H,2,9-16H2,1H3. The van der Waals surface area contributed by atoms with Crippen molar-refractivity contribution in [2.45, 2.75) is 6.92 Å². The van der Waals surface area contributed by atoms with E-state index in [1.165, 1.54) is 6.07 Å². The van der Waals surface area contributed by atoms with E-state index < -0.39 is 0 Å². The van der Waals surface area contributed by atoms with Crippen LogP contribution in [0, 0.1) is 5.82 Å². The maximum Gasteiger partial charge on any atom is 0.255 e. The average molecular weight is 397 g/mol. The molecule has 0 atom stereocenters. The molecule has 2 aliphatic heterocycles. The van der Waals surface area contributed by atoms with Crippen molar-refractivity contribution in [3.63, 3.8) is 0 Å². The van der Waals surface area contributed by atoms with Gasteiger partial charge < -0.3 is 19.6 Å². The highest BCUT2D eigenvalue weighted by molar-refractivity contribution is 5.94. The quantitative estimate of drug-likeness (QED) is 0.792. The number of carbonyl (C=O) groups excluding carboxylic acids is 1. The smallest absolute Gasteiger partial charge is 0.255 e. The molecule has 2 saturated heterocycles. The number of benzene rings is 1. The molecular formula is C22H28FN5O. The zero-order chi connectivity index (χ0) is 20.2. The number of halogens is 1. The van der Waals surface area contributed by atoms with E-state index in [9.17, 15) is 9.18 Å². The van der Waals surface area contributed by atoms with E-state index in [2.05, 4.69) is 26.6 Å². The number of carbonyl (C=O) groups is 1. The van der Waals surface area contributed by atoms with Crippen molar-refractivity contribution in [3.8, 4) is 0 Å². The van der Waals surface area contributed by atoms with E-state index in [4.69, 9.17) is 0 Å². The molecule has 2 fully saturated rings. The molecule has 6 nitrogen and oxygen atoms in total. The van der Waals surface area contributed by atoms with Crippen LogP contribution in [0.5, 0.6) is 0 Å². The zero-order valence-electron chi connectivity index (χ0n) is 16.9. The van der Waals surface area contributed by atoms with Crippen LogP contribution in [0.3, 0.4) is 0 Å². The number of rotatable bonds is 4. The summed E-state index contributed by atoms with van der Waals surface area (Å²) in [5.41, 5.74) is 1.30. The number of anilines is 2. The largest absolute Gasteiger partial charge is 0.366 e. The summed E-state index contributed by atoms with van der Waals surface area (Å²) in [5.74, 6) is 0.747. The molecule has 0 spiro atoms. The molecule has 2 aromatic rings. The van der Waals surface area contributed by atoms with Crippen LogP contribution in [0.15, 0.2) is 42.6 Å². The molecule has 0 radical (unpaired) electrons. The lowest BCUT2D eigenvalue weighted by atomic mass is 10.2. The number of para-hydroxylation sites is 1. The van der Waals surface area contributed by atoms with E-state index in [-0.39, 0.29) is 11.7 Å². The fourth-order valence-electron chi connectivity index (χ4n) is 4.03. The highest BCUT2D eigenvalue weighted by Crippen LogP contribution is 2.22. The first-order valence-electron chi connectivity index (χ1n) is 10.4. The Bertz CT molecular complexity index is 827. The van der Waals surface area contributed by atoms with Crippen LogP contribution in [0.2, 0.25) is 0 Å². The summed E-state index contributed by atoms with van der Waals surface area (Å²) in [4.78, 5) is 25.8. The fraction of sp³-hybridized carbons (Fsp3) is 0.455. The first-order valence-corrected chi connectivity index (χ1v) is 10.4. The minimum absolute atomic E-state index is 0.0594. The van der Waals surface area contributed by atoms with Gasteiger partial charge in [-0.2, -0.15) is 0 Å². The van der Waals surface area contributed by atoms with Crippen molar-refractivity contribution < 1.29 is 9.18 Å². The first-order chi connectivity index (χ1) is 14.2. The minimum atomic E-state index is -0.179. The molecule has 3 heterocycles. The summed E-state index contributed by atoms with van der Waals surface area (Å²) in [7, 11) is 0. The van der Waals surface area contributed by atoms with Gasteiger partial charge in [0, 0.05) is 58.6 Å². The minimum Gasteiger partial charge on any atom is -0.366 e. The predicted molar refractivity (Wildman–Crippen MR) is 113 cm³/mol. The van der Waals surface area contributed by atoms with Crippen LogP contribution in [0.4, 0.5) is 15.9 Å². The molecule has 0 aliphatic carbocycles. The highest BCUT2D eigenvalue weighted by atomic mass is 19.1. The third-order valence-electron chi connectivity index (χ3n) is 5.90. The Balaban J connectivity index is 1.34. The Kier molecular flexibility index (Phi) is 5.94. The van der Waals surface area contributed by atoms with Crippen molar-refractivity contribution in [2.75, 3.05) is 68.7 Å². The molecule has 0 bridgehead atoms. The number of pyridine rings is 1. The second-order valence-corrected chi connectivity index (χ2v) is 7.56. The molecule has 2 aliphatic rings. The summed E-state index contributed by atoms with van der Waals surface area (Å²) in [5, 5.41) is 0. The number of amides is 1. The molecule has 154 valence electrons. The molecular weight excluding hydrogens is 369 g/mol. The molecule has 29 heavy (non-hydrogen) atoms. The average Bonchev–Trinajstić information content (AvgIpc) is 2.79. The summed E-state index contributed by atoms with van der Waals surface area (Å²) >= 11 is 0. The number of aromatic nitrogens is 1. The Labute approximate surface area is 171 Å². The van der Waals surface area contributed by atoms with Crippen LogP contribution in [-0.4, -0.2) is 79.6 Å². The van der Waals surface area contributed by atoms with Gasteiger partial charge in [0.15, 0.2) is 0 Å². The topological polar surface area (TPSA) is 42.9 Å². The van der Waals surface area contributed by atoms with Crippen molar-refractivity contribution in [1.29, 1.82) is 0 Å². The predicted octanol–water partition coefficient (Wildman–Crippen LogP) is 2.33. The van der Waals surface area contributed by atoms with Gasteiger partial charge in [0.2, 0.25) is 0 Å². The van der Waals surface area contributed by atoms with Gasteiger partial charge in [-0.25, -0.2) is 9.37 Å². The molecule has 7 heteroatoms. The van der Waals surface area contributed by atoms with E-state index in [0.29, 0.717) is 11.3 Å². The number of hydrogen-bond acceptors (Lipinski definition) is 5. The summed E-state index contributed by atoms with van der Waals surface area (Å²) in [6.45, 7) is 9.61. The Morgan fingerprint density at radius 1 is 0.931 bits per heavy atom. The van der Waals surface area contributed by atoms with Crippen LogP contribution in [0.25, 0.3) is 0 Å². The SMILES string of the molecule is CCN1CCN(C(=O)c2ccc(N3CCN(c4ccccc4F)CC3)nc2)CC1.